The van der Waals surface area contributed by atoms with Gasteiger partial charge < -0.3 is 16.0 Å². The van der Waals surface area contributed by atoms with Crippen LogP contribution < -0.4 is 16.0 Å². The maximum absolute atomic E-state index is 12.1. The molecule has 0 aromatic rings. The molecule has 0 spiro atoms. The summed E-state index contributed by atoms with van der Waals surface area (Å²) >= 11 is 0. The minimum atomic E-state index is 0.112. The van der Waals surface area contributed by atoms with Crippen LogP contribution in [-0.2, 0) is 9.59 Å². The molecule has 6 nitrogen and oxygen atoms in total. The number of hydrogen-bond donors (Lipinski definition) is 3. The van der Waals surface area contributed by atoms with E-state index in [9.17, 15) is 9.59 Å². The normalized spacial score (nSPS) is 20.7. The minimum Gasteiger partial charge on any atom is -0.355 e. The van der Waals surface area contributed by atoms with E-state index in [1.54, 1.807) is 0 Å². The van der Waals surface area contributed by atoms with Gasteiger partial charge in [0.1, 0.15) is 0 Å². The van der Waals surface area contributed by atoms with Crippen molar-refractivity contribution in [1.82, 2.24) is 20.9 Å². The van der Waals surface area contributed by atoms with Crippen LogP contribution in [0.3, 0.4) is 0 Å². The van der Waals surface area contributed by atoms with Gasteiger partial charge in [0.15, 0.2) is 0 Å². The van der Waals surface area contributed by atoms with E-state index in [1.807, 2.05) is 0 Å². The monoisotopic (exact) mass is 338 g/mol. The van der Waals surface area contributed by atoms with Gasteiger partial charge in [0.05, 0.1) is 6.54 Å². The highest BCUT2D eigenvalue weighted by Gasteiger charge is 2.22. The summed E-state index contributed by atoms with van der Waals surface area (Å²) in [6.07, 6.45) is 6.93. The number of nitrogens with zero attached hydrogens (tertiary/aromatic N) is 1. The van der Waals surface area contributed by atoms with E-state index in [1.165, 1.54) is 12.8 Å². The Bertz CT molecular complexity index is 388. The third kappa shape index (κ3) is 7.18. The van der Waals surface area contributed by atoms with Crippen molar-refractivity contribution in [2.45, 2.75) is 57.9 Å². The van der Waals surface area contributed by atoms with Crippen LogP contribution >= 0.6 is 0 Å². The Kier molecular flexibility index (Phi) is 8.53. The van der Waals surface area contributed by atoms with Crippen LogP contribution in [0, 0.1) is 5.92 Å². The Balaban J connectivity index is 1.56. The van der Waals surface area contributed by atoms with Crippen LogP contribution in [0.25, 0.3) is 0 Å². The molecule has 2 fully saturated rings. The average molecular weight is 338 g/mol. The lowest BCUT2D eigenvalue weighted by atomic mass is 9.93. The highest BCUT2D eigenvalue weighted by Crippen LogP contribution is 2.18. The first-order chi connectivity index (χ1) is 11.7. The second-order valence-electron chi connectivity index (χ2n) is 7.20. The molecule has 0 saturated carbocycles. The Hall–Kier alpha value is -1.14. The van der Waals surface area contributed by atoms with Gasteiger partial charge in [-0.25, -0.2) is 0 Å². The first-order valence-electron chi connectivity index (χ1n) is 9.66. The molecule has 0 aromatic heterocycles. The average Bonchev–Trinajstić information content (AvgIpc) is 2.61. The zero-order valence-electron chi connectivity index (χ0n) is 15.1. The van der Waals surface area contributed by atoms with Crippen molar-refractivity contribution in [2.24, 2.45) is 5.92 Å². The van der Waals surface area contributed by atoms with E-state index in [4.69, 9.17) is 0 Å². The van der Waals surface area contributed by atoms with Crippen molar-refractivity contribution < 1.29 is 9.59 Å². The van der Waals surface area contributed by atoms with E-state index < -0.39 is 0 Å². The van der Waals surface area contributed by atoms with Crippen LogP contribution in [0.15, 0.2) is 0 Å². The SMILES string of the molecule is CCCNC(=O)CN1CCC(NC(=O)CCC2CCNCC2)CC1. The summed E-state index contributed by atoms with van der Waals surface area (Å²) in [6, 6.07) is 0.278. The summed E-state index contributed by atoms with van der Waals surface area (Å²) in [5, 5.41) is 9.46. The lowest BCUT2D eigenvalue weighted by molar-refractivity contribution is -0.124. The van der Waals surface area contributed by atoms with Gasteiger partial charge in [-0.3, -0.25) is 14.5 Å². The van der Waals surface area contributed by atoms with Gasteiger partial charge in [-0.05, 0) is 57.5 Å². The molecule has 2 aliphatic heterocycles. The molecule has 0 aromatic carbocycles. The summed E-state index contributed by atoms with van der Waals surface area (Å²) in [5.41, 5.74) is 0. The highest BCUT2D eigenvalue weighted by atomic mass is 16.2. The third-order valence-corrected chi connectivity index (χ3v) is 5.13. The summed E-state index contributed by atoms with van der Waals surface area (Å²) in [7, 11) is 0. The molecule has 2 saturated heterocycles. The Morgan fingerprint density at radius 3 is 2.46 bits per heavy atom. The number of carbonyl (C=O) groups excluding carboxylic acids is 2. The Morgan fingerprint density at radius 1 is 1.08 bits per heavy atom. The standard InChI is InChI=1S/C18H34N4O2/c1-2-9-20-18(24)14-22-12-7-16(8-13-22)21-17(23)4-3-15-5-10-19-11-6-15/h15-16,19H,2-14H2,1H3,(H,20,24)(H,21,23). The lowest BCUT2D eigenvalue weighted by Crippen LogP contribution is -2.47. The van der Waals surface area contributed by atoms with E-state index in [0.717, 1.165) is 58.4 Å². The van der Waals surface area contributed by atoms with Crippen molar-refractivity contribution in [3.63, 3.8) is 0 Å². The quantitative estimate of drug-likeness (QED) is 0.614. The number of carbonyl (C=O) groups is 2. The van der Waals surface area contributed by atoms with Gasteiger partial charge in [0.25, 0.3) is 0 Å². The molecule has 2 heterocycles. The van der Waals surface area contributed by atoms with Gasteiger partial charge in [0, 0.05) is 32.1 Å². The third-order valence-electron chi connectivity index (χ3n) is 5.13. The Morgan fingerprint density at radius 2 is 1.79 bits per heavy atom. The maximum atomic E-state index is 12.1. The first-order valence-corrected chi connectivity index (χ1v) is 9.66. The molecule has 3 N–H and O–H groups in total. The van der Waals surface area contributed by atoms with E-state index in [-0.39, 0.29) is 17.9 Å². The second-order valence-corrected chi connectivity index (χ2v) is 7.20. The van der Waals surface area contributed by atoms with Gasteiger partial charge >= 0.3 is 0 Å². The number of rotatable bonds is 8. The summed E-state index contributed by atoms with van der Waals surface area (Å²) < 4.78 is 0. The van der Waals surface area contributed by atoms with Crippen molar-refractivity contribution in [1.29, 1.82) is 0 Å². The smallest absolute Gasteiger partial charge is 0.234 e. The molecule has 24 heavy (non-hydrogen) atoms. The first kappa shape index (κ1) is 19.2. The topological polar surface area (TPSA) is 73.5 Å². The molecular formula is C18H34N4O2. The molecule has 0 aliphatic carbocycles. The molecule has 0 atom stereocenters. The fourth-order valence-electron chi connectivity index (χ4n) is 3.56. The van der Waals surface area contributed by atoms with Gasteiger partial charge in [0.2, 0.25) is 11.8 Å². The minimum absolute atomic E-state index is 0.112. The van der Waals surface area contributed by atoms with Crippen LogP contribution in [0.5, 0.6) is 0 Å². The number of likely N-dealkylation sites (tertiary alicyclic amines) is 1. The fraction of sp³-hybridized carbons (Fsp3) is 0.889. The van der Waals surface area contributed by atoms with Crippen LogP contribution in [0.4, 0.5) is 0 Å². The van der Waals surface area contributed by atoms with Crippen molar-refractivity contribution in [3.05, 3.63) is 0 Å². The predicted molar refractivity (Wildman–Crippen MR) is 95.7 cm³/mol. The van der Waals surface area contributed by atoms with E-state index >= 15 is 0 Å². The van der Waals surface area contributed by atoms with Crippen molar-refractivity contribution >= 4 is 11.8 Å². The van der Waals surface area contributed by atoms with Crippen molar-refractivity contribution in [3.8, 4) is 0 Å². The van der Waals surface area contributed by atoms with Crippen LogP contribution in [-0.4, -0.2) is 62.0 Å². The fourth-order valence-corrected chi connectivity index (χ4v) is 3.56. The predicted octanol–water partition coefficient (Wildman–Crippen LogP) is 0.873. The van der Waals surface area contributed by atoms with Gasteiger partial charge in [-0.15, -0.1) is 0 Å². The zero-order valence-corrected chi connectivity index (χ0v) is 15.1. The summed E-state index contributed by atoms with van der Waals surface area (Å²) in [4.78, 5) is 26.0. The largest absolute Gasteiger partial charge is 0.355 e. The van der Waals surface area contributed by atoms with Crippen LogP contribution in [0.2, 0.25) is 0 Å². The molecule has 2 amide bonds. The number of hydrogen-bond acceptors (Lipinski definition) is 4. The van der Waals surface area contributed by atoms with E-state index in [2.05, 4.69) is 27.8 Å². The maximum Gasteiger partial charge on any atom is 0.234 e. The van der Waals surface area contributed by atoms with Crippen molar-refractivity contribution in [2.75, 3.05) is 39.3 Å². The van der Waals surface area contributed by atoms with Gasteiger partial charge in [-0.2, -0.15) is 0 Å². The molecule has 0 bridgehead atoms. The van der Waals surface area contributed by atoms with Crippen LogP contribution in [0.1, 0.15) is 51.9 Å². The molecular weight excluding hydrogens is 304 g/mol. The zero-order chi connectivity index (χ0) is 17.2. The Labute approximate surface area is 146 Å². The molecule has 2 aliphatic rings. The summed E-state index contributed by atoms with van der Waals surface area (Å²) in [6.45, 7) is 7.25. The molecule has 138 valence electrons. The molecule has 2 rings (SSSR count). The van der Waals surface area contributed by atoms with Gasteiger partial charge in [-0.1, -0.05) is 6.92 Å². The van der Waals surface area contributed by atoms with E-state index in [0.29, 0.717) is 18.9 Å². The number of nitrogens with one attached hydrogen (secondary N) is 3. The summed E-state index contributed by atoms with van der Waals surface area (Å²) in [5.74, 6) is 1.02. The highest BCUT2D eigenvalue weighted by molar-refractivity contribution is 5.78. The lowest BCUT2D eigenvalue weighted by Gasteiger charge is -2.32. The second kappa shape index (κ2) is 10.7. The molecule has 0 radical (unpaired) electrons. The molecule has 0 unspecified atom stereocenters. The number of amides is 2. The number of piperidine rings is 2. The molecule has 6 heteroatoms.